The number of hydrogen-bond acceptors (Lipinski definition) is 3. The fourth-order valence-corrected chi connectivity index (χ4v) is 3.05. The summed E-state index contributed by atoms with van der Waals surface area (Å²) < 4.78 is 6.62. The lowest BCUT2D eigenvalue weighted by molar-refractivity contribution is 0.0993. The Hall–Kier alpha value is -1.81. The SMILES string of the molecule is Nc1ccccc1C(=O)Cc1cc(Br)cc2c1OCC2. The summed E-state index contributed by atoms with van der Waals surface area (Å²) in [5, 5.41) is 0. The third-order valence-corrected chi connectivity index (χ3v) is 3.90. The highest BCUT2D eigenvalue weighted by Gasteiger charge is 2.20. The second-order valence-corrected chi connectivity index (χ2v) is 5.75. The molecule has 0 fully saturated rings. The molecule has 0 unspecified atom stereocenters. The smallest absolute Gasteiger partial charge is 0.169 e. The number of Topliss-reactive ketones (excluding diaryl/α,β-unsaturated/α-hetero) is 1. The molecule has 0 aliphatic carbocycles. The second-order valence-electron chi connectivity index (χ2n) is 4.84. The number of hydrogen-bond donors (Lipinski definition) is 1. The Bertz CT molecular complexity index is 682. The van der Waals surface area contributed by atoms with Crippen molar-refractivity contribution in [2.24, 2.45) is 0 Å². The van der Waals surface area contributed by atoms with Gasteiger partial charge in [0.25, 0.3) is 0 Å². The lowest BCUT2D eigenvalue weighted by Crippen LogP contribution is -2.07. The molecule has 0 atom stereocenters. The first-order valence-corrected chi connectivity index (χ1v) is 7.26. The van der Waals surface area contributed by atoms with Gasteiger partial charge in [0.15, 0.2) is 5.78 Å². The number of benzene rings is 2. The Morgan fingerprint density at radius 3 is 2.90 bits per heavy atom. The van der Waals surface area contributed by atoms with Crippen molar-refractivity contribution < 1.29 is 9.53 Å². The summed E-state index contributed by atoms with van der Waals surface area (Å²) in [4.78, 5) is 12.4. The molecule has 0 aromatic heterocycles. The van der Waals surface area contributed by atoms with Crippen molar-refractivity contribution in [1.29, 1.82) is 0 Å². The largest absolute Gasteiger partial charge is 0.493 e. The minimum Gasteiger partial charge on any atom is -0.493 e. The Labute approximate surface area is 125 Å². The van der Waals surface area contributed by atoms with E-state index in [0.29, 0.717) is 24.3 Å². The summed E-state index contributed by atoms with van der Waals surface area (Å²) in [6.07, 6.45) is 1.19. The highest BCUT2D eigenvalue weighted by Crippen LogP contribution is 2.33. The van der Waals surface area contributed by atoms with E-state index >= 15 is 0 Å². The van der Waals surface area contributed by atoms with E-state index in [0.717, 1.165) is 27.8 Å². The summed E-state index contributed by atoms with van der Waals surface area (Å²) >= 11 is 3.48. The van der Waals surface area contributed by atoms with E-state index < -0.39 is 0 Å². The number of nitrogens with two attached hydrogens (primary N) is 1. The number of halogens is 1. The van der Waals surface area contributed by atoms with Crippen molar-refractivity contribution in [3.05, 3.63) is 57.6 Å². The molecule has 0 amide bonds. The average molecular weight is 332 g/mol. The third-order valence-electron chi connectivity index (χ3n) is 3.44. The lowest BCUT2D eigenvalue weighted by Gasteiger charge is -2.09. The number of carbonyl (C=O) groups is 1. The molecule has 0 saturated carbocycles. The van der Waals surface area contributed by atoms with E-state index in [1.807, 2.05) is 24.3 Å². The van der Waals surface area contributed by atoms with Gasteiger partial charge in [0, 0.05) is 34.1 Å². The van der Waals surface area contributed by atoms with Crippen LogP contribution < -0.4 is 10.5 Å². The van der Waals surface area contributed by atoms with Crippen LogP contribution in [0, 0.1) is 0 Å². The van der Waals surface area contributed by atoms with Gasteiger partial charge in [-0.15, -0.1) is 0 Å². The molecule has 4 heteroatoms. The number of para-hydroxylation sites is 1. The molecule has 0 spiro atoms. The molecule has 1 heterocycles. The molecular formula is C16H14BrNO2. The molecule has 3 rings (SSSR count). The number of ketones is 1. The minimum absolute atomic E-state index is 0.0129. The van der Waals surface area contributed by atoms with Crippen LogP contribution in [0.4, 0.5) is 5.69 Å². The molecule has 2 aromatic carbocycles. The maximum atomic E-state index is 12.4. The average Bonchev–Trinajstić information content (AvgIpc) is 2.87. The Balaban J connectivity index is 1.93. The van der Waals surface area contributed by atoms with Crippen LogP contribution in [0.2, 0.25) is 0 Å². The quantitative estimate of drug-likeness (QED) is 0.692. The van der Waals surface area contributed by atoms with Gasteiger partial charge in [-0.2, -0.15) is 0 Å². The third kappa shape index (κ3) is 2.43. The zero-order chi connectivity index (χ0) is 14.1. The van der Waals surface area contributed by atoms with Gasteiger partial charge in [0.2, 0.25) is 0 Å². The van der Waals surface area contributed by atoms with Crippen molar-refractivity contribution in [3.63, 3.8) is 0 Å². The van der Waals surface area contributed by atoms with Crippen LogP contribution in [0.1, 0.15) is 21.5 Å². The van der Waals surface area contributed by atoms with Crippen LogP contribution in [-0.2, 0) is 12.8 Å². The van der Waals surface area contributed by atoms with Gasteiger partial charge in [-0.1, -0.05) is 28.1 Å². The van der Waals surface area contributed by atoms with E-state index in [1.165, 1.54) is 0 Å². The highest BCUT2D eigenvalue weighted by atomic mass is 79.9. The van der Waals surface area contributed by atoms with E-state index in [-0.39, 0.29) is 5.78 Å². The summed E-state index contributed by atoms with van der Waals surface area (Å²) in [5.74, 6) is 0.870. The summed E-state index contributed by atoms with van der Waals surface area (Å²) in [6.45, 7) is 0.681. The summed E-state index contributed by atoms with van der Waals surface area (Å²) in [6, 6.07) is 11.2. The molecule has 20 heavy (non-hydrogen) atoms. The Kier molecular flexibility index (Phi) is 3.49. The normalized spacial score (nSPS) is 12.8. The van der Waals surface area contributed by atoms with Gasteiger partial charge in [0.05, 0.1) is 6.61 Å². The van der Waals surface area contributed by atoms with Gasteiger partial charge in [-0.25, -0.2) is 0 Å². The first kappa shape index (κ1) is 13.2. The fourth-order valence-electron chi connectivity index (χ4n) is 2.50. The van der Waals surface area contributed by atoms with Crippen LogP contribution in [-0.4, -0.2) is 12.4 Å². The van der Waals surface area contributed by atoms with Crippen molar-refractivity contribution >= 4 is 27.4 Å². The Morgan fingerprint density at radius 2 is 2.10 bits per heavy atom. The van der Waals surface area contributed by atoms with Gasteiger partial charge < -0.3 is 10.5 Å². The number of carbonyl (C=O) groups excluding carboxylic acids is 1. The molecule has 1 aliphatic rings. The standard InChI is InChI=1S/C16H14BrNO2/c17-12-7-10-5-6-20-16(10)11(8-12)9-15(19)13-3-1-2-4-14(13)18/h1-4,7-8H,5-6,9,18H2. The van der Waals surface area contributed by atoms with Crippen LogP contribution in [0.5, 0.6) is 5.75 Å². The summed E-state index contributed by atoms with van der Waals surface area (Å²) in [5.41, 5.74) is 9.02. The topological polar surface area (TPSA) is 52.3 Å². The molecule has 1 aliphatic heterocycles. The number of rotatable bonds is 3. The van der Waals surface area contributed by atoms with Crippen molar-refractivity contribution in [2.75, 3.05) is 12.3 Å². The highest BCUT2D eigenvalue weighted by molar-refractivity contribution is 9.10. The first-order chi connectivity index (χ1) is 9.65. The molecular weight excluding hydrogens is 318 g/mol. The minimum atomic E-state index is 0.0129. The zero-order valence-electron chi connectivity index (χ0n) is 10.9. The number of nitrogen functional groups attached to an aromatic ring is 1. The van der Waals surface area contributed by atoms with Crippen LogP contribution in [0.3, 0.4) is 0 Å². The number of fused-ring (bicyclic) bond motifs is 1. The number of ether oxygens (including phenoxy) is 1. The molecule has 0 saturated heterocycles. The molecule has 2 N–H and O–H groups in total. The van der Waals surface area contributed by atoms with Crippen molar-refractivity contribution in [1.82, 2.24) is 0 Å². The molecule has 0 bridgehead atoms. The zero-order valence-corrected chi connectivity index (χ0v) is 12.4. The molecule has 102 valence electrons. The fraction of sp³-hybridized carbons (Fsp3) is 0.188. The molecule has 3 nitrogen and oxygen atoms in total. The van der Waals surface area contributed by atoms with Gasteiger partial charge >= 0.3 is 0 Å². The van der Waals surface area contributed by atoms with Gasteiger partial charge in [-0.3, -0.25) is 4.79 Å². The van der Waals surface area contributed by atoms with E-state index in [1.54, 1.807) is 12.1 Å². The van der Waals surface area contributed by atoms with Crippen molar-refractivity contribution in [3.8, 4) is 5.75 Å². The lowest BCUT2D eigenvalue weighted by atomic mass is 9.99. The van der Waals surface area contributed by atoms with Crippen LogP contribution in [0.15, 0.2) is 40.9 Å². The van der Waals surface area contributed by atoms with E-state index in [2.05, 4.69) is 15.9 Å². The predicted molar refractivity (Wildman–Crippen MR) is 82.2 cm³/mol. The summed E-state index contributed by atoms with van der Waals surface area (Å²) in [7, 11) is 0. The van der Waals surface area contributed by atoms with E-state index in [9.17, 15) is 4.79 Å². The monoisotopic (exact) mass is 331 g/mol. The maximum Gasteiger partial charge on any atom is 0.169 e. The predicted octanol–water partition coefficient (Wildman–Crippen LogP) is 3.39. The van der Waals surface area contributed by atoms with Crippen LogP contribution >= 0.6 is 15.9 Å². The van der Waals surface area contributed by atoms with Crippen LogP contribution in [0.25, 0.3) is 0 Å². The van der Waals surface area contributed by atoms with Gasteiger partial charge in [0.1, 0.15) is 5.75 Å². The second kappa shape index (κ2) is 5.29. The van der Waals surface area contributed by atoms with Crippen molar-refractivity contribution in [2.45, 2.75) is 12.8 Å². The first-order valence-electron chi connectivity index (χ1n) is 6.47. The maximum absolute atomic E-state index is 12.4. The number of anilines is 1. The van der Waals surface area contributed by atoms with Gasteiger partial charge in [-0.05, 0) is 29.8 Å². The molecule has 2 aromatic rings. The van der Waals surface area contributed by atoms with E-state index in [4.69, 9.17) is 10.5 Å². The Morgan fingerprint density at radius 1 is 1.30 bits per heavy atom. The molecule has 0 radical (unpaired) electrons.